The molecule has 4 saturated carbocycles. The number of amides is 2. The van der Waals surface area contributed by atoms with Gasteiger partial charge in [0.1, 0.15) is 0 Å². The minimum absolute atomic E-state index is 0.00626. The van der Waals surface area contributed by atoms with Crippen molar-refractivity contribution >= 4 is 18.0 Å². The summed E-state index contributed by atoms with van der Waals surface area (Å²) in [5.74, 6) is 4.23. The third-order valence-corrected chi connectivity index (χ3v) is 16.3. The molecule has 8 rings (SSSR count). The van der Waals surface area contributed by atoms with E-state index in [2.05, 4.69) is 45.4 Å². The second-order valence-electron chi connectivity index (χ2n) is 19.2. The summed E-state index contributed by atoms with van der Waals surface area (Å²) in [6.45, 7) is 12.7. The summed E-state index contributed by atoms with van der Waals surface area (Å²) in [5.41, 5.74) is 11.4. The van der Waals surface area contributed by atoms with E-state index >= 15 is 0 Å². The van der Waals surface area contributed by atoms with Gasteiger partial charge in [-0.05, 0) is 129 Å². The summed E-state index contributed by atoms with van der Waals surface area (Å²) in [7, 11) is 0. The molecule has 7 aliphatic rings. The van der Waals surface area contributed by atoms with Crippen LogP contribution in [0.5, 0.6) is 0 Å². The van der Waals surface area contributed by atoms with E-state index < -0.39 is 23.5 Å². The highest BCUT2D eigenvalue weighted by molar-refractivity contribution is 6.01. The maximum Gasteiger partial charge on any atom is 0.533 e. The van der Waals surface area contributed by atoms with Crippen LogP contribution in [0.2, 0.25) is 0 Å². The Morgan fingerprint density at radius 3 is 2.50 bits per heavy atom. The summed E-state index contributed by atoms with van der Waals surface area (Å²) in [6.07, 6.45) is 19.5. The lowest BCUT2D eigenvalue weighted by Crippen LogP contribution is -2.50. The number of hydrogen-bond acceptors (Lipinski definition) is 8. The van der Waals surface area contributed by atoms with Crippen molar-refractivity contribution in [2.45, 2.75) is 155 Å². The zero-order valence-corrected chi connectivity index (χ0v) is 32.4. The van der Waals surface area contributed by atoms with Crippen molar-refractivity contribution in [2.24, 2.45) is 63.9 Å². The number of carbonyl (C=O) groups is 3. The number of ether oxygens (including phenoxy) is 1. The molecule has 10 nitrogen and oxygen atoms in total. The van der Waals surface area contributed by atoms with Gasteiger partial charge in [-0.1, -0.05) is 75.8 Å². The van der Waals surface area contributed by atoms with E-state index in [1.807, 2.05) is 0 Å². The van der Waals surface area contributed by atoms with E-state index in [1.54, 1.807) is 5.57 Å². The van der Waals surface area contributed by atoms with Crippen LogP contribution in [0.1, 0.15) is 148 Å². The number of aromatic nitrogens is 3. The van der Waals surface area contributed by atoms with Gasteiger partial charge in [0.15, 0.2) is 0 Å². The molecule has 0 bridgehead atoms. The fraction of sp³-hybridized carbons (Fsp3) is 0.833. The number of nitrogens with two attached hydrogens (primary N) is 1. The van der Waals surface area contributed by atoms with E-state index in [4.69, 9.17) is 25.6 Å². The normalized spacial score (nSPS) is 40.1. The SMILES string of the molecule is CC(C)CCC[C@@H](C)C1CC[C@H]2[C@@H]3CC=C4C[C@@H](n5nnc6c5CC[C@]5(N)[C@H](CC6)[C@@H]5COC(=O)ON5C(=O)CCC5=O)CC[C@]4(C)C3CC[C@]12C. The number of hydrogen-bond donors (Lipinski definition) is 1. The summed E-state index contributed by atoms with van der Waals surface area (Å²) >= 11 is 0. The first-order valence-corrected chi connectivity index (χ1v) is 20.9. The summed E-state index contributed by atoms with van der Waals surface area (Å²) in [6, 6.07) is 0.330. The molecule has 0 spiro atoms. The molecule has 2 unspecified atom stereocenters. The molecule has 5 fully saturated rings. The van der Waals surface area contributed by atoms with Gasteiger partial charge < -0.3 is 10.5 Å². The number of nitrogens with zero attached hydrogens (tertiary/aromatic N) is 4. The lowest BCUT2D eigenvalue weighted by molar-refractivity contribution is -0.177. The molecule has 1 saturated heterocycles. The molecule has 6 aliphatic carbocycles. The summed E-state index contributed by atoms with van der Waals surface area (Å²) in [4.78, 5) is 40.9. The maximum absolute atomic E-state index is 12.3. The van der Waals surface area contributed by atoms with Crippen LogP contribution in [0.3, 0.4) is 0 Å². The molecule has 2 N–H and O–H groups in total. The van der Waals surface area contributed by atoms with Crippen LogP contribution in [0.15, 0.2) is 11.6 Å². The molecule has 52 heavy (non-hydrogen) atoms. The molecule has 1 aliphatic heterocycles. The average Bonchev–Trinajstić information content (AvgIpc) is 3.46. The first-order chi connectivity index (χ1) is 24.8. The minimum atomic E-state index is -1.03. The van der Waals surface area contributed by atoms with Crippen molar-refractivity contribution in [3.05, 3.63) is 23.0 Å². The predicted molar refractivity (Wildman–Crippen MR) is 196 cm³/mol. The Labute approximate surface area is 310 Å². The minimum Gasteiger partial charge on any atom is -0.432 e. The van der Waals surface area contributed by atoms with E-state index in [0.717, 1.165) is 79.7 Å². The fourth-order valence-corrected chi connectivity index (χ4v) is 13.3. The zero-order valence-electron chi connectivity index (χ0n) is 32.4. The van der Waals surface area contributed by atoms with Crippen LogP contribution in [0.25, 0.3) is 0 Å². The van der Waals surface area contributed by atoms with E-state index in [1.165, 1.54) is 63.5 Å². The van der Waals surface area contributed by atoms with Crippen molar-refractivity contribution in [3.63, 3.8) is 0 Å². The Balaban J connectivity index is 0.895. The van der Waals surface area contributed by atoms with Crippen LogP contribution in [0.4, 0.5) is 4.79 Å². The number of rotatable bonds is 9. The highest BCUT2D eigenvalue weighted by Crippen LogP contribution is 2.68. The van der Waals surface area contributed by atoms with Gasteiger partial charge in [-0.3, -0.25) is 14.4 Å². The van der Waals surface area contributed by atoms with Gasteiger partial charge in [0, 0.05) is 24.3 Å². The van der Waals surface area contributed by atoms with Gasteiger partial charge in [-0.15, -0.1) is 5.10 Å². The highest BCUT2D eigenvalue weighted by Gasteiger charge is 2.62. The third-order valence-electron chi connectivity index (χ3n) is 16.3. The number of imide groups is 1. The number of hydroxylamine groups is 2. The Kier molecular flexibility index (Phi) is 9.42. The van der Waals surface area contributed by atoms with E-state index in [-0.39, 0.29) is 31.3 Å². The summed E-state index contributed by atoms with van der Waals surface area (Å²) < 4.78 is 7.64. The molecule has 11 atom stereocenters. The van der Waals surface area contributed by atoms with Crippen molar-refractivity contribution < 1.29 is 24.0 Å². The van der Waals surface area contributed by atoms with E-state index in [9.17, 15) is 14.4 Å². The van der Waals surface area contributed by atoms with Crippen LogP contribution < -0.4 is 5.73 Å². The highest BCUT2D eigenvalue weighted by atomic mass is 16.8. The van der Waals surface area contributed by atoms with E-state index in [0.29, 0.717) is 21.9 Å². The largest absolute Gasteiger partial charge is 0.533 e. The predicted octanol–water partition coefficient (Wildman–Crippen LogP) is 7.90. The number of aryl methyl sites for hydroxylation is 1. The molecule has 286 valence electrons. The van der Waals surface area contributed by atoms with Crippen molar-refractivity contribution in [1.82, 2.24) is 20.1 Å². The molecular formula is C42H63N5O5. The number of fused-ring (bicyclic) bond motifs is 7. The summed E-state index contributed by atoms with van der Waals surface area (Å²) in [5, 5.41) is 10.1. The molecule has 0 aromatic carbocycles. The smallest absolute Gasteiger partial charge is 0.432 e. The molecule has 10 heteroatoms. The van der Waals surface area contributed by atoms with Gasteiger partial charge >= 0.3 is 6.16 Å². The van der Waals surface area contributed by atoms with Crippen molar-refractivity contribution in [2.75, 3.05) is 6.61 Å². The van der Waals surface area contributed by atoms with Crippen LogP contribution >= 0.6 is 0 Å². The maximum atomic E-state index is 12.3. The van der Waals surface area contributed by atoms with Gasteiger partial charge in [0.05, 0.1) is 24.0 Å². The van der Waals surface area contributed by atoms with Gasteiger partial charge in [-0.2, -0.15) is 0 Å². The van der Waals surface area contributed by atoms with Crippen LogP contribution in [-0.4, -0.2) is 50.2 Å². The Morgan fingerprint density at radius 2 is 1.73 bits per heavy atom. The Morgan fingerprint density at radius 1 is 0.942 bits per heavy atom. The lowest BCUT2D eigenvalue weighted by Gasteiger charge is -2.58. The molecule has 1 aromatic heterocycles. The molecule has 0 radical (unpaired) electrons. The second kappa shape index (κ2) is 13.5. The Hall–Kier alpha value is -2.75. The lowest BCUT2D eigenvalue weighted by atomic mass is 9.47. The Bertz CT molecular complexity index is 1590. The third kappa shape index (κ3) is 6.05. The molecule has 2 amide bonds. The standard InChI is InChI=1S/C42H63N5O5/c1-25(2)7-6-8-26(3)30-11-12-31-29-10-9-27-23-28(17-20-40(27,4)32(29)18-21-41(30,31)5)46-36-19-22-42(43)33(13-14-35(36)44-45-46)34(42)24-51-39(50)52-47-37(48)15-16-38(47)49/h9,25-26,28-34H,6-8,10-24,43H2,1-5H3/t26-,28+,29+,30?,31+,32?,33-,34+,40+,41-,42+/m1/s1. The number of carbonyl (C=O) groups excluding carboxylic acids is 3. The number of allylic oxidation sites excluding steroid dienone is 2. The van der Waals surface area contributed by atoms with Crippen LogP contribution in [0, 0.1) is 58.2 Å². The zero-order chi connectivity index (χ0) is 36.6. The second-order valence-corrected chi connectivity index (χ2v) is 19.2. The molecular weight excluding hydrogens is 654 g/mol. The van der Waals surface area contributed by atoms with Gasteiger partial charge in [0.2, 0.25) is 0 Å². The average molecular weight is 718 g/mol. The molecule has 1 aromatic rings. The fourth-order valence-electron chi connectivity index (χ4n) is 13.3. The first kappa shape index (κ1) is 36.2. The monoisotopic (exact) mass is 717 g/mol. The molecule has 2 heterocycles. The van der Waals surface area contributed by atoms with Crippen LogP contribution in [-0.2, 0) is 32.0 Å². The van der Waals surface area contributed by atoms with Gasteiger partial charge in [0.25, 0.3) is 11.8 Å². The van der Waals surface area contributed by atoms with Gasteiger partial charge in [-0.25, -0.2) is 9.48 Å². The first-order valence-electron chi connectivity index (χ1n) is 20.9. The van der Waals surface area contributed by atoms with Crippen molar-refractivity contribution in [1.29, 1.82) is 0 Å². The van der Waals surface area contributed by atoms with Crippen molar-refractivity contribution in [3.8, 4) is 0 Å². The topological polar surface area (TPSA) is 130 Å². The quantitative estimate of drug-likeness (QED) is 0.155.